The minimum Gasteiger partial charge on any atom is -0.378 e. The molecule has 5 heteroatoms. The van der Waals surface area contributed by atoms with Crippen molar-refractivity contribution in [2.45, 2.75) is 0 Å². The third-order valence-electron chi connectivity index (χ3n) is 5.33. The van der Waals surface area contributed by atoms with Crippen LogP contribution in [0, 0.1) is 0 Å². The van der Waals surface area contributed by atoms with Crippen LogP contribution in [0.15, 0.2) is 54.6 Å². The lowest BCUT2D eigenvalue weighted by Gasteiger charge is -2.29. The number of anilines is 2. The molecular formula is C23H27N3O2. The van der Waals surface area contributed by atoms with Gasteiger partial charge < -0.3 is 19.9 Å². The van der Waals surface area contributed by atoms with Crippen molar-refractivity contribution in [3.63, 3.8) is 0 Å². The number of rotatable bonds is 5. The van der Waals surface area contributed by atoms with Crippen LogP contribution < -0.4 is 15.1 Å². The Balaban J connectivity index is 1.36. The molecule has 0 aliphatic carbocycles. The molecule has 28 heavy (non-hydrogen) atoms. The highest BCUT2D eigenvalue weighted by Gasteiger charge is 2.12. The second kappa shape index (κ2) is 9.04. The Morgan fingerprint density at radius 1 is 0.821 bits per heavy atom. The second-order valence-electron chi connectivity index (χ2n) is 7.17. The third-order valence-corrected chi connectivity index (χ3v) is 5.33. The van der Waals surface area contributed by atoms with Gasteiger partial charge in [-0.1, -0.05) is 18.2 Å². The quantitative estimate of drug-likeness (QED) is 0.641. The SMILES string of the molecule is O=C(/C=C/c1ccc(N2CCOCC2)cc1)c1ccc(N2CCNCC2)cc1. The van der Waals surface area contributed by atoms with Gasteiger partial charge in [0.2, 0.25) is 0 Å². The van der Waals surface area contributed by atoms with Gasteiger partial charge in [0.1, 0.15) is 0 Å². The lowest BCUT2D eigenvalue weighted by Crippen LogP contribution is -2.43. The number of benzene rings is 2. The minimum atomic E-state index is 0.0316. The summed E-state index contributed by atoms with van der Waals surface area (Å²) in [6.07, 6.45) is 3.54. The first-order valence-electron chi connectivity index (χ1n) is 10.0. The van der Waals surface area contributed by atoms with Gasteiger partial charge in [-0.05, 0) is 48.0 Å². The van der Waals surface area contributed by atoms with E-state index in [9.17, 15) is 4.79 Å². The van der Waals surface area contributed by atoms with Crippen molar-refractivity contribution in [3.8, 4) is 0 Å². The minimum absolute atomic E-state index is 0.0316. The van der Waals surface area contributed by atoms with Crippen LogP contribution in [-0.2, 0) is 4.74 Å². The Morgan fingerprint density at radius 3 is 2.04 bits per heavy atom. The number of allylic oxidation sites excluding steroid dienone is 1. The highest BCUT2D eigenvalue weighted by Crippen LogP contribution is 2.19. The predicted octanol–water partition coefficient (Wildman–Crippen LogP) is 2.83. The van der Waals surface area contributed by atoms with Crippen LogP contribution in [0.3, 0.4) is 0 Å². The third kappa shape index (κ3) is 4.61. The van der Waals surface area contributed by atoms with E-state index in [4.69, 9.17) is 4.74 Å². The number of hydrogen-bond donors (Lipinski definition) is 1. The molecule has 0 radical (unpaired) electrons. The van der Waals surface area contributed by atoms with Gasteiger partial charge >= 0.3 is 0 Å². The number of nitrogens with zero attached hydrogens (tertiary/aromatic N) is 2. The molecule has 2 aromatic rings. The molecule has 2 aliphatic rings. The summed E-state index contributed by atoms with van der Waals surface area (Å²) in [5.41, 5.74) is 4.14. The molecule has 2 saturated heterocycles. The van der Waals surface area contributed by atoms with Crippen LogP contribution in [0.2, 0.25) is 0 Å². The highest BCUT2D eigenvalue weighted by atomic mass is 16.5. The van der Waals surface area contributed by atoms with Crippen molar-refractivity contribution in [1.29, 1.82) is 0 Å². The summed E-state index contributed by atoms with van der Waals surface area (Å²) in [6.45, 7) is 7.45. The van der Waals surface area contributed by atoms with Crippen molar-refractivity contribution in [2.75, 3.05) is 62.3 Å². The van der Waals surface area contributed by atoms with Crippen molar-refractivity contribution < 1.29 is 9.53 Å². The van der Waals surface area contributed by atoms with Crippen LogP contribution in [-0.4, -0.2) is 58.3 Å². The molecule has 2 aliphatic heterocycles. The number of morpholine rings is 1. The first kappa shape index (κ1) is 18.7. The van der Waals surface area contributed by atoms with E-state index in [1.807, 2.05) is 30.3 Å². The number of nitrogens with one attached hydrogen (secondary N) is 1. The molecule has 0 saturated carbocycles. The molecule has 0 amide bonds. The predicted molar refractivity (Wildman–Crippen MR) is 114 cm³/mol. The molecule has 2 aromatic carbocycles. The number of ketones is 1. The Labute approximate surface area is 166 Å². The number of piperazine rings is 1. The monoisotopic (exact) mass is 377 g/mol. The zero-order valence-electron chi connectivity index (χ0n) is 16.1. The maximum atomic E-state index is 12.5. The van der Waals surface area contributed by atoms with E-state index >= 15 is 0 Å². The zero-order valence-corrected chi connectivity index (χ0v) is 16.1. The molecular weight excluding hydrogens is 350 g/mol. The Morgan fingerprint density at radius 2 is 1.39 bits per heavy atom. The lowest BCUT2D eigenvalue weighted by atomic mass is 10.1. The van der Waals surface area contributed by atoms with E-state index in [0.29, 0.717) is 0 Å². The molecule has 5 nitrogen and oxygen atoms in total. The van der Waals surface area contributed by atoms with Crippen LogP contribution in [0.25, 0.3) is 6.08 Å². The molecule has 146 valence electrons. The molecule has 4 rings (SSSR count). The molecule has 1 N–H and O–H groups in total. The van der Waals surface area contributed by atoms with Crippen molar-refractivity contribution in [1.82, 2.24) is 5.32 Å². The smallest absolute Gasteiger partial charge is 0.185 e. The fourth-order valence-corrected chi connectivity index (χ4v) is 3.65. The van der Waals surface area contributed by atoms with Crippen molar-refractivity contribution in [3.05, 3.63) is 65.7 Å². The molecule has 2 heterocycles. The van der Waals surface area contributed by atoms with E-state index in [-0.39, 0.29) is 5.78 Å². The van der Waals surface area contributed by atoms with E-state index in [2.05, 4.69) is 39.4 Å². The molecule has 0 bridgehead atoms. The van der Waals surface area contributed by atoms with Gasteiger partial charge in [0.05, 0.1) is 13.2 Å². The topological polar surface area (TPSA) is 44.8 Å². The molecule has 2 fully saturated rings. The Hall–Kier alpha value is -2.63. The standard InChI is InChI=1S/C23H27N3O2/c27-23(20-4-8-22(9-5-20)25-13-11-24-12-14-25)10-3-19-1-6-21(7-2-19)26-15-17-28-18-16-26/h1-10,24H,11-18H2/b10-3+. The summed E-state index contributed by atoms with van der Waals surface area (Å²) >= 11 is 0. The molecule has 0 aromatic heterocycles. The van der Waals surface area contributed by atoms with Crippen LogP contribution in [0.5, 0.6) is 0 Å². The normalized spacial score (nSPS) is 17.9. The molecule has 0 spiro atoms. The van der Waals surface area contributed by atoms with Gasteiger partial charge in [-0.15, -0.1) is 0 Å². The zero-order chi connectivity index (χ0) is 19.2. The van der Waals surface area contributed by atoms with Gasteiger partial charge in [0.25, 0.3) is 0 Å². The van der Waals surface area contributed by atoms with Crippen molar-refractivity contribution in [2.24, 2.45) is 0 Å². The van der Waals surface area contributed by atoms with Gasteiger partial charge in [-0.25, -0.2) is 0 Å². The Bertz CT molecular complexity index is 803. The fourth-order valence-electron chi connectivity index (χ4n) is 3.65. The second-order valence-corrected chi connectivity index (χ2v) is 7.17. The van der Waals surface area contributed by atoms with Gasteiger partial charge in [0, 0.05) is 56.2 Å². The van der Waals surface area contributed by atoms with E-state index in [0.717, 1.165) is 63.6 Å². The van der Waals surface area contributed by atoms with Crippen LogP contribution in [0.4, 0.5) is 11.4 Å². The Kier molecular flexibility index (Phi) is 6.04. The number of carbonyl (C=O) groups excluding carboxylic acids is 1. The summed E-state index contributed by atoms with van der Waals surface area (Å²) in [5, 5.41) is 3.36. The fraction of sp³-hybridized carbons (Fsp3) is 0.348. The van der Waals surface area contributed by atoms with Gasteiger partial charge in [-0.2, -0.15) is 0 Å². The first-order chi connectivity index (χ1) is 13.8. The largest absolute Gasteiger partial charge is 0.378 e. The maximum Gasteiger partial charge on any atom is 0.185 e. The molecule has 0 atom stereocenters. The number of hydrogen-bond acceptors (Lipinski definition) is 5. The molecule has 0 unspecified atom stereocenters. The summed E-state index contributed by atoms with van der Waals surface area (Å²) in [6, 6.07) is 16.3. The summed E-state index contributed by atoms with van der Waals surface area (Å²) in [5.74, 6) is 0.0316. The summed E-state index contributed by atoms with van der Waals surface area (Å²) < 4.78 is 5.40. The van der Waals surface area contributed by atoms with Crippen LogP contribution >= 0.6 is 0 Å². The first-order valence-corrected chi connectivity index (χ1v) is 10.0. The lowest BCUT2D eigenvalue weighted by molar-refractivity contribution is 0.104. The van der Waals surface area contributed by atoms with Gasteiger partial charge in [-0.3, -0.25) is 4.79 Å². The maximum absolute atomic E-state index is 12.5. The number of ether oxygens (including phenoxy) is 1. The number of carbonyl (C=O) groups is 1. The van der Waals surface area contributed by atoms with E-state index in [1.165, 1.54) is 11.4 Å². The summed E-state index contributed by atoms with van der Waals surface area (Å²) in [4.78, 5) is 17.2. The average Bonchev–Trinajstić information content (AvgIpc) is 2.79. The van der Waals surface area contributed by atoms with Crippen molar-refractivity contribution >= 4 is 23.2 Å². The van der Waals surface area contributed by atoms with Crippen LogP contribution in [0.1, 0.15) is 15.9 Å². The van der Waals surface area contributed by atoms with Gasteiger partial charge in [0.15, 0.2) is 5.78 Å². The average molecular weight is 377 g/mol. The van der Waals surface area contributed by atoms with E-state index < -0.39 is 0 Å². The highest BCUT2D eigenvalue weighted by molar-refractivity contribution is 6.07. The van der Waals surface area contributed by atoms with E-state index in [1.54, 1.807) is 6.08 Å². The summed E-state index contributed by atoms with van der Waals surface area (Å²) in [7, 11) is 0.